The van der Waals surface area contributed by atoms with Crippen LogP contribution in [0.4, 0.5) is 11.6 Å². The molecule has 0 aliphatic carbocycles. The van der Waals surface area contributed by atoms with Gasteiger partial charge in [-0.05, 0) is 24.6 Å². The second kappa shape index (κ2) is 9.83. The summed E-state index contributed by atoms with van der Waals surface area (Å²) in [6.45, 7) is 4.91. The third-order valence-corrected chi connectivity index (χ3v) is 5.96. The van der Waals surface area contributed by atoms with Gasteiger partial charge in [0.1, 0.15) is 17.2 Å². The van der Waals surface area contributed by atoms with Gasteiger partial charge in [0.05, 0.1) is 13.1 Å². The van der Waals surface area contributed by atoms with Crippen LogP contribution in [0.1, 0.15) is 22.8 Å². The number of anilines is 2. The number of hydrogen-bond donors (Lipinski definition) is 1. The summed E-state index contributed by atoms with van der Waals surface area (Å²) in [4.78, 5) is 47.6. The number of nitrogens with two attached hydrogens (primary N) is 1. The van der Waals surface area contributed by atoms with Crippen molar-refractivity contribution in [3.05, 3.63) is 86.7 Å². The fourth-order valence-electron chi connectivity index (χ4n) is 4.13. The van der Waals surface area contributed by atoms with E-state index >= 15 is 0 Å². The van der Waals surface area contributed by atoms with E-state index < -0.39 is 11.2 Å². The van der Waals surface area contributed by atoms with Crippen molar-refractivity contribution in [2.75, 3.05) is 43.4 Å². The molecule has 33 heavy (non-hydrogen) atoms. The van der Waals surface area contributed by atoms with E-state index in [-0.39, 0.29) is 36.8 Å². The molecule has 1 aromatic carbocycles. The van der Waals surface area contributed by atoms with E-state index in [1.54, 1.807) is 13.1 Å². The highest BCUT2D eigenvalue weighted by molar-refractivity contribution is 6.01. The Morgan fingerprint density at radius 3 is 2.30 bits per heavy atom. The molecule has 0 unspecified atom stereocenters. The Kier molecular flexibility index (Phi) is 6.69. The summed E-state index contributed by atoms with van der Waals surface area (Å²) in [7, 11) is 0. The van der Waals surface area contributed by atoms with Crippen LogP contribution in [0.3, 0.4) is 0 Å². The smallest absolute Gasteiger partial charge is 0.332 e. The first-order valence-corrected chi connectivity index (χ1v) is 11.1. The highest BCUT2D eigenvalue weighted by Gasteiger charge is 2.26. The number of aromatic nitrogens is 3. The number of carbonyl (C=O) groups is 1. The first-order valence-electron chi connectivity index (χ1n) is 11.1. The number of rotatable bonds is 7. The van der Waals surface area contributed by atoms with Gasteiger partial charge in [-0.3, -0.25) is 23.6 Å². The summed E-state index contributed by atoms with van der Waals surface area (Å²) in [5.41, 5.74) is 5.87. The Bertz CT molecular complexity index is 1230. The SMILES string of the molecule is CCn1c(=O)c(C(=O)CN2CCN(c3ccccn3)CC2)c(N)n(Cc2ccccc2)c1=O. The molecule has 9 heteroatoms. The molecule has 172 valence electrons. The van der Waals surface area contributed by atoms with Gasteiger partial charge in [0.25, 0.3) is 5.56 Å². The molecule has 1 aliphatic heterocycles. The van der Waals surface area contributed by atoms with Gasteiger partial charge in [-0.25, -0.2) is 9.78 Å². The minimum absolute atomic E-state index is 0.0722. The Morgan fingerprint density at radius 2 is 1.67 bits per heavy atom. The molecule has 0 atom stereocenters. The van der Waals surface area contributed by atoms with Crippen LogP contribution in [0.2, 0.25) is 0 Å². The minimum Gasteiger partial charge on any atom is -0.384 e. The maximum Gasteiger partial charge on any atom is 0.332 e. The molecule has 1 aliphatic rings. The van der Waals surface area contributed by atoms with E-state index in [0.29, 0.717) is 13.1 Å². The van der Waals surface area contributed by atoms with Crippen LogP contribution in [0.15, 0.2) is 64.3 Å². The fourth-order valence-corrected chi connectivity index (χ4v) is 4.13. The van der Waals surface area contributed by atoms with Gasteiger partial charge in [-0.15, -0.1) is 0 Å². The van der Waals surface area contributed by atoms with Crippen LogP contribution in [0, 0.1) is 0 Å². The molecule has 2 N–H and O–H groups in total. The summed E-state index contributed by atoms with van der Waals surface area (Å²) in [6.07, 6.45) is 1.76. The molecule has 0 spiro atoms. The minimum atomic E-state index is -0.624. The second-order valence-electron chi connectivity index (χ2n) is 8.04. The molecule has 0 amide bonds. The third-order valence-electron chi connectivity index (χ3n) is 5.96. The molecule has 1 saturated heterocycles. The lowest BCUT2D eigenvalue weighted by molar-refractivity contribution is 0.0924. The van der Waals surface area contributed by atoms with Crippen molar-refractivity contribution < 1.29 is 4.79 Å². The summed E-state index contributed by atoms with van der Waals surface area (Å²) in [6, 6.07) is 15.1. The molecule has 1 fully saturated rings. The number of carbonyl (C=O) groups excluding carboxylic acids is 1. The quantitative estimate of drug-likeness (QED) is 0.539. The standard InChI is InChI=1S/C24H28N6O3/c1-2-29-23(32)21(22(25)30(24(29)33)16-18-8-4-3-5-9-18)19(31)17-27-12-14-28(15-13-27)20-10-6-7-11-26-20/h3-11H,2,12-17,25H2,1H3. The van der Waals surface area contributed by atoms with E-state index in [2.05, 4.69) is 9.88 Å². The Balaban J connectivity index is 1.55. The molecule has 0 radical (unpaired) electrons. The third kappa shape index (κ3) is 4.73. The van der Waals surface area contributed by atoms with Crippen molar-refractivity contribution in [3.63, 3.8) is 0 Å². The number of piperazine rings is 1. The first kappa shape index (κ1) is 22.5. The number of hydrogen-bond acceptors (Lipinski definition) is 7. The van der Waals surface area contributed by atoms with Crippen molar-refractivity contribution in [3.8, 4) is 0 Å². The normalized spacial score (nSPS) is 14.4. The Morgan fingerprint density at radius 1 is 0.970 bits per heavy atom. The van der Waals surface area contributed by atoms with E-state index in [9.17, 15) is 14.4 Å². The lowest BCUT2D eigenvalue weighted by Crippen LogP contribution is -2.49. The van der Waals surface area contributed by atoms with Crippen LogP contribution in [-0.4, -0.2) is 57.5 Å². The van der Waals surface area contributed by atoms with Gasteiger partial charge in [0.2, 0.25) is 0 Å². The van der Waals surface area contributed by atoms with E-state index in [0.717, 1.165) is 29.0 Å². The van der Waals surface area contributed by atoms with Crippen LogP contribution in [0.5, 0.6) is 0 Å². The maximum atomic E-state index is 13.2. The summed E-state index contributed by atoms with van der Waals surface area (Å²) in [5.74, 6) is 0.468. The Labute approximate surface area is 191 Å². The van der Waals surface area contributed by atoms with Crippen molar-refractivity contribution in [2.45, 2.75) is 20.0 Å². The molecule has 0 saturated carbocycles. The van der Waals surface area contributed by atoms with Gasteiger partial charge in [0.15, 0.2) is 5.78 Å². The number of nitrogens with zero attached hydrogens (tertiary/aromatic N) is 5. The second-order valence-corrected chi connectivity index (χ2v) is 8.04. The maximum absolute atomic E-state index is 13.2. The van der Waals surface area contributed by atoms with Gasteiger partial charge >= 0.3 is 5.69 Å². The summed E-state index contributed by atoms with van der Waals surface area (Å²) >= 11 is 0. The first-order chi connectivity index (χ1) is 16.0. The summed E-state index contributed by atoms with van der Waals surface area (Å²) < 4.78 is 2.39. The number of nitrogen functional groups attached to an aromatic ring is 1. The van der Waals surface area contributed by atoms with Gasteiger partial charge in [-0.2, -0.15) is 0 Å². The van der Waals surface area contributed by atoms with Crippen molar-refractivity contribution in [2.24, 2.45) is 0 Å². The highest BCUT2D eigenvalue weighted by atomic mass is 16.2. The average Bonchev–Trinajstić information content (AvgIpc) is 2.84. The largest absolute Gasteiger partial charge is 0.384 e. The van der Waals surface area contributed by atoms with Crippen molar-refractivity contribution >= 4 is 17.4 Å². The highest BCUT2D eigenvalue weighted by Crippen LogP contribution is 2.14. The molecule has 3 aromatic rings. The zero-order valence-corrected chi connectivity index (χ0v) is 18.7. The van der Waals surface area contributed by atoms with Crippen molar-refractivity contribution in [1.82, 2.24) is 19.0 Å². The number of pyridine rings is 1. The molecule has 3 heterocycles. The van der Waals surface area contributed by atoms with E-state index in [1.807, 2.05) is 53.4 Å². The average molecular weight is 449 g/mol. The molecular weight excluding hydrogens is 420 g/mol. The molecule has 9 nitrogen and oxygen atoms in total. The number of ketones is 1. The topological polar surface area (TPSA) is 106 Å². The fraction of sp³-hybridized carbons (Fsp3) is 0.333. The molecule has 4 rings (SSSR count). The van der Waals surface area contributed by atoms with Crippen LogP contribution in [0.25, 0.3) is 0 Å². The monoisotopic (exact) mass is 448 g/mol. The summed E-state index contributed by atoms with van der Waals surface area (Å²) in [5, 5.41) is 0. The predicted molar refractivity (Wildman–Crippen MR) is 128 cm³/mol. The molecular formula is C24H28N6O3. The molecule has 0 bridgehead atoms. The number of Topliss-reactive ketones (excluding diaryl/α,β-unsaturated/α-hetero) is 1. The van der Waals surface area contributed by atoms with Gasteiger partial charge < -0.3 is 10.6 Å². The van der Waals surface area contributed by atoms with Crippen molar-refractivity contribution in [1.29, 1.82) is 0 Å². The molecule has 2 aromatic heterocycles. The Hall–Kier alpha value is -3.72. The number of benzene rings is 1. The van der Waals surface area contributed by atoms with Gasteiger partial charge in [0, 0.05) is 38.9 Å². The van der Waals surface area contributed by atoms with Gasteiger partial charge in [-0.1, -0.05) is 36.4 Å². The van der Waals surface area contributed by atoms with Crippen LogP contribution < -0.4 is 21.9 Å². The lowest BCUT2D eigenvalue weighted by atomic mass is 10.1. The van der Waals surface area contributed by atoms with E-state index in [4.69, 9.17) is 5.73 Å². The zero-order chi connectivity index (χ0) is 23.4. The zero-order valence-electron chi connectivity index (χ0n) is 18.7. The lowest BCUT2D eigenvalue weighted by Gasteiger charge is -2.35. The van der Waals surface area contributed by atoms with E-state index in [1.165, 1.54) is 4.57 Å². The van der Waals surface area contributed by atoms with Crippen LogP contribution >= 0.6 is 0 Å². The van der Waals surface area contributed by atoms with Crippen LogP contribution in [-0.2, 0) is 13.1 Å². The predicted octanol–water partition coefficient (Wildman–Crippen LogP) is 1.06.